The molecule has 0 bridgehead atoms. The lowest BCUT2D eigenvalue weighted by Crippen LogP contribution is -2.40. The quantitative estimate of drug-likeness (QED) is 0.800. The summed E-state index contributed by atoms with van der Waals surface area (Å²) < 4.78 is 0. The first-order chi connectivity index (χ1) is 10.6. The van der Waals surface area contributed by atoms with Gasteiger partial charge in [0.05, 0.1) is 5.41 Å². The van der Waals surface area contributed by atoms with Crippen LogP contribution in [0, 0.1) is 12.3 Å². The fourth-order valence-electron chi connectivity index (χ4n) is 3.05. The van der Waals surface area contributed by atoms with Crippen molar-refractivity contribution >= 4 is 24.0 Å². The number of anilines is 1. The predicted molar refractivity (Wildman–Crippen MR) is 92.4 cm³/mol. The zero-order valence-electron chi connectivity index (χ0n) is 13.1. The first-order valence-corrected chi connectivity index (χ1v) is 7.64. The van der Waals surface area contributed by atoms with E-state index in [-0.39, 0.29) is 18.3 Å². The number of carbonyl (C=O) groups excluding carboxylic acids is 1. The second kappa shape index (κ2) is 7.10. The number of nitrogens with two attached hydrogens (primary N) is 1. The van der Waals surface area contributed by atoms with Crippen molar-refractivity contribution in [2.75, 3.05) is 11.9 Å². The highest BCUT2D eigenvalue weighted by Crippen LogP contribution is 2.38. The van der Waals surface area contributed by atoms with Gasteiger partial charge in [-0.3, -0.25) is 9.89 Å². The molecular weight excluding hydrogens is 314 g/mol. The van der Waals surface area contributed by atoms with Gasteiger partial charge in [-0.15, -0.1) is 12.4 Å². The zero-order chi connectivity index (χ0) is 15.6. The summed E-state index contributed by atoms with van der Waals surface area (Å²) in [4.78, 5) is 16.9. The van der Waals surface area contributed by atoms with Crippen LogP contribution in [0.3, 0.4) is 0 Å². The Hall–Kier alpha value is -1.92. The Morgan fingerprint density at radius 2 is 2.13 bits per heavy atom. The number of hydrogen-bond donors (Lipinski definition) is 3. The summed E-state index contributed by atoms with van der Waals surface area (Å²) in [6.07, 6.45) is 3.88. The van der Waals surface area contributed by atoms with Crippen LogP contribution < -0.4 is 11.1 Å². The number of halogens is 1. The third kappa shape index (κ3) is 3.54. The van der Waals surface area contributed by atoms with Crippen LogP contribution in [0.2, 0.25) is 0 Å². The van der Waals surface area contributed by atoms with E-state index in [2.05, 4.69) is 20.5 Å². The maximum absolute atomic E-state index is 12.6. The molecule has 0 radical (unpaired) electrons. The van der Waals surface area contributed by atoms with Gasteiger partial charge in [0.15, 0.2) is 5.82 Å². The number of H-pyrrole nitrogens is 1. The highest BCUT2D eigenvalue weighted by molar-refractivity contribution is 5.96. The molecular formula is C16H22ClN5O. The van der Waals surface area contributed by atoms with Crippen molar-refractivity contribution in [1.29, 1.82) is 0 Å². The Morgan fingerprint density at radius 1 is 1.39 bits per heavy atom. The molecule has 23 heavy (non-hydrogen) atoms. The minimum Gasteiger partial charge on any atom is -0.329 e. The molecule has 1 fully saturated rings. The van der Waals surface area contributed by atoms with Crippen LogP contribution in [-0.2, 0) is 4.79 Å². The topological polar surface area (TPSA) is 96.7 Å². The molecule has 1 aliphatic rings. The number of aromatic amines is 1. The maximum atomic E-state index is 12.6. The summed E-state index contributed by atoms with van der Waals surface area (Å²) in [6, 6.07) is 7.58. The number of carbonyl (C=O) groups is 1. The Kier molecular flexibility index (Phi) is 5.38. The number of hydrogen-bond acceptors (Lipinski definition) is 4. The molecule has 0 unspecified atom stereocenters. The molecule has 4 N–H and O–H groups in total. The minimum atomic E-state index is -0.406. The Morgan fingerprint density at radius 3 is 2.74 bits per heavy atom. The molecule has 1 aromatic carbocycles. The summed E-state index contributed by atoms with van der Waals surface area (Å²) in [5.74, 6) is 1.41. The number of aryl methyl sites for hydroxylation is 1. The second-order valence-corrected chi connectivity index (χ2v) is 5.97. The molecule has 0 saturated heterocycles. The summed E-state index contributed by atoms with van der Waals surface area (Å²) in [5.41, 5.74) is 7.08. The molecule has 2 aromatic rings. The van der Waals surface area contributed by atoms with Gasteiger partial charge < -0.3 is 11.1 Å². The van der Waals surface area contributed by atoms with Gasteiger partial charge >= 0.3 is 0 Å². The van der Waals surface area contributed by atoms with Crippen molar-refractivity contribution in [3.8, 4) is 11.4 Å². The summed E-state index contributed by atoms with van der Waals surface area (Å²) in [7, 11) is 0. The van der Waals surface area contributed by atoms with E-state index in [1.807, 2.05) is 31.2 Å². The SMILES string of the molecule is Cc1nc(-c2cccc(NC(=O)C3(CN)CCCC3)c2)n[nH]1.Cl. The third-order valence-corrected chi connectivity index (χ3v) is 4.41. The van der Waals surface area contributed by atoms with Crippen molar-refractivity contribution in [3.05, 3.63) is 30.1 Å². The number of aromatic nitrogens is 3. The molecule has 1 aliphatic carbocycles. The van der Waals surface area contributed by atoms with Gasteiger partial charge in [0.1, 0.15) is 5.82 Å². The van der Waals surface area contributed by atoms with Crippen molar-refractivity contribution in [2.45, 2.75) is 32.6 Å². The Bertz CT molecular complexity index is 679. The lowest BCUT2D eigenvalue weighted by molar-refractivity contribution is -0.124. The second-order valence-electron chi connectivity index (χ2n) is 5.97. The first-order valence-electron chi connectivity index (χ1n) is 7.64. The van der Waals surface area contributed by atoms with E-state index in [1.165, 1.54) is 0 Å². The van der Waals surface area contributed by atoms with Crippen LogP contribution in [0.4, 0.5) is 5.69 Å². The fourth-order valence-corrected chi connectivity index (χ4v) is 3.05. The fraction of sp³-hybridized carbons (Fsp3) is 0.438. The largest absolute Gasteiger partial charge is 0.329 e. The standard InChI is InChI=1S/C16H21N5O.ClH/c1-11-18-14(21-20-11)12-5-4-6-13(9-12)19-15(22)16(10-17)7-2-3-8-16;/h4-6,9H,2-3,7-8,10,17H2,1H3,(H,19,22)(H,18,20,21);1H. The van der Waals surface area contributed by atoms with Crippen LogP contribution in [0.1, 0.15) is 31.5 Å². The Labute approximate surface area is 141 Å². The van der Waals surface area contributed by atoms with Gasteiger partial charge in [-0.25, -0.2) is 4.98 Å². The highest BCUT2D eigenvalue weighted by Gasteiger charge is 2.39. The van der Waals surface area contributed by atoms with Gasteiger partial charge in [-0.2, -0.15) is 5.10 Å². The lowest BCUT2D eigenvalue weighted by atomic mass is 9.85. The van der Waals surface area contributed by atoms with E-state index >= 15 is 0 Å². The minimum absolute atomic E-state index is 0. The van der Waals surface area contributed by atoms with Gasteiger partial charge in [0.2, 0.25) is 5.91 Å². The van der Waals surface area contributed by atoms with Crippen molar-refractivity contribution < 1.29 is 4.79 Å². The molecule has 6 nitrogen and oxygen atoms in total. The molecule has 7 heteroatoms. The number of nitrogens with one attached hydrogen (secondary N) is 2. The average Bonchev–Trinajstić information content (AvgIpc) is 3.17. The van der Waals surface area contributed by atoms with Crippen LogP contribution in [0.25, 0.3) is 11.4 Å². The molecule has 1 saturated carbocycles. The molecule has 0 spiro atoms. The molecule has 1 heterocycles. The van der Waals surface area contributed by atoms with Gasteiger partial charge in [0, 0.05) is 17.8 Å². The molecule has 1 aromatic heterocycles. The monoisotopic (exact) mass is 335 g/mol. The van der Waals surface area contributed by atoms with E-state index in [0.29, 0.717) is 12.4 Å². The van der Waals surface area contributed by atoms with Crippen LogP contribution in [0.5, 0.6) is 0 Å². The molecule has 1 amide bonds. The van der Waals surface area contributed by atoms with Crippen molar-refractivity contribution in [2.24, 2.45) is 11.1 Å². The Balaban J connectivity index is 0.00000192. The lowest BCUT2D eigenvalue weighted by Gasteiger charge is -2.25. The van der Waals surface area contributed by atoms with E-state index in [9.17, 15) is 4.79 Å². The molecule has 0 atom stereocenters. The predicted octanol–water partition coefficient (Wildman–Crippen LogP) is 2.66. The van der Waals surface area contributed by atoms with Crippen LogP contribution >= 0.6 is 12.4 Å². The van der Waals surface area contributed by atoms with Gasteiger partial charge in [0.25, 0.3) is 0 Å². The summed E-state index contributed by atoms with van der Waals surface area (Å²) in [5, 5.41) is 9.97. The maximum Gasteiger partial charge on any atom is 0.231 e. The van der Waals surface area contributed by atoms with Gasteiger partial charge in [-0.1, -0.05) is 25.0 Å². The highest BCUT2D eigenvalue weighted by atomic mass is 35.5. The average molecular weight is 336 g/mol. The van der Waals surface area contributed by atoms with Crippen molar-refractivity contribution in [3.63, 3.8) is 0 Å². The summed E-state index contributed by atoms with van der Waals surface area (Å²) in [6.45, 7) is 2.26. The first kappa shape index (κ1) is 17.4. The van der Waals surface area contributed by atoms with Gasteiger partial charge in [-0.05, 0) is 31.9 Å². The molecule has 3 rings (SSSR count). The van der Waals surface area contributed by atoms with Crippen LogP contribution in [-0.4, -0.2) is 27.6 Å². The number of benzene rings is 1. The summed E-state index contributed by atoms with van der Waals surface area (Å²) >= 11 is 0. The number of amides is 1. The normalized spacial score (nSPS) is 15.9. The van der Waals surface area contributed by atoms with E-state index in [4.69, 9.17) is 5.73 Å². The molecule has 0 aliphatic heterocycles. The zero-order valence-corrected chi connectivity index (χ0v) is 13.9. The van der Waals surface area contributed by atoms with E-state index in [1.54, 1.807) is 0 Å². The van der Waals surface area contributed by atoms with E-state index in [0.717, 1.165) is 42.8 Å². The third-order valence-electron chi connectivity index (χ3n) is 4.41. The smallest absolute Gasteiger partial charge is 0.231 e. The van der Waals surface area contributed by atoms with E-state index < -0.39 is 5.41 Å². The van der Waals surface area contributed by atoms with Crippen molar-refractivity contribution in [1.82, 2.24) is 15.2 Å². The molecule has 124 valence electrons. The number of rotatable bonds is 4. The van der Waals surface area contributed by atoms with Crippen LogP contribution in [0.15, 0.2) is 24.3 Å². The number of nitrogens with zero attached hydrogens (tertiary/aromatic N) is 2.